The van der Waals surface area contributed by atoms with Gasteiger partial charge in [-0.2, -0.15) is 9.98 Å². The van der Waals surface area contributed by atoms with Crippen LogP contribution in [0.4, 0.5) is 0 Å². The molecular formula is C23H33N7O2. The number of fused-ring (bicyclic) bond motifs is 1. The van der Waals surface area contributed by atoms with Gasteiger partial charge in [-0.05, 0) is 57.6 Å². The highest BCUT2D eigenvalue weighted by Gasteiger charge is 2.39. The van der Waals surface area contributed by atoms with Crippen LogP contribution in [0.5, 0.6) is 11.5 Å². The van der Waals surface area contributed by atoms with Crippen molar-refractivity contribution in [3.63, 3.8) is 0 Å². The molecule has 0 radical (unpaired) electrons. The molecular weight excluding hydrogens is 406 g/mol. The van der Waals surface area contributed by atoms with Gasteiger partial charge in [-0.15, -0.1) is 5.10 Å². The van der Waals surface area contributed by atoms with Crippen molar-refractivity contribution in [2.45, 2.75) is 51.6 Å². The van der Waals surface area contributed by atoms with Crippen molar-refractivity contribution in [1.82, 2.24) is 20.1 Å². The summed E-state index contributed by atoms with van der Waals surface area (Å²) >= 11 is 0. The summed E-state index contributed by atoms with van der Waals surface area (Å²) in [6, 6.07) is 6.02. The minimum atomic E-state index is -0.192. The van der Waals surface area contributed by atoms with Gasteiger partial charge in [0.15, 0.2) is 17.7 Å². The summed E-state index contributed by atoms with van der Waals surface area (Å²) in [6.07, 6.45) is 7.11. The summed E-state index contributed by atoms with van der Waals surface area (Å²) in [4.78, 5) is 16.8. The van der Waals surface area contributed by atoms with Crippen LogP contribution >= 0.6 is 0 Å². The zero-order chi connectivity index (χ0) is 21.9. The van der Waals surface area contributed by atoms with Gasteiger partial charge in [0.1, 0.15) is 0 Å². The summed E-state index contributed by atoms with van der Waals surface area (Å²) < 4.78 is 11.3. The zero-order valence-electron chi connectivity index (χ0n) is 19.1. The maximum absolute atomic E-state index is 5.82. The number of aliphatic imine (C=N–C) groups is 2. The monoisotopic (exact) mass is 439 g/mol. The van der Waals surface area contributed by atoms with Gasteiger partial charge >= 0.3 is 0 Å². The Balaban J connectivity index is 1.48. The average Bonchev–Trinajstić information content (AvgIpc) is 3.29. The Bertz CT molecular complexity index is 917. The Hall–Kier alpha value is -2.97. The third-order valence-electron chi connectivity index (χ3n) is 6.46. The molecule has 1 unspecified atom stereocenters. The fourth-order valence-corrected chi connectivity index (χ4v) is 4.80. The van der Waals surface area contributed by atoms with E-state index in [9.17, 15) is 0 Å². The summed E-state index contributed by atoms with van der Waals surface area (Å²) in [7, 11) is 1.66. The second-order valence-electron chi connectivity index (χ2n) is 8.58. The number of nitrogens with one attached hydrogen (secondary N) is 1. The van der Waals surface area contributed by atoms with E-state index in [4.69, 9.17) is 19.5 Å². The summed E-state index contributed by atoms with van der Waals surface area (Å²) in [6.45, 7) is 6.59. The molecule has 1 N–H and O–H groups in total. The lowest BCUT2D eigenvalue weighted by molar-refractivity contribution is 0.284. The fourth-order valence-electron chi connectivity index (χ4n) is 4.80. The molecule has 0 aromatic heterocycles. The van der Waals surface area contributed by atoms with E-state index < -0.39 is 0 Å². The van der Waals surface area contributed by atoms with E-state index in [1.807, 2.05) is 19.1 Å². The Morgan fingerprint density at radius 1 is 0.906 bits per heavy atom. The normalized spacial score (nSPS) is 23.1. The van der Waals surface area contributed by atoms with Crippen LogP contribution in [0.3, 0.4) is 0 Å². The van der Waals surface area contributed by atoms with Gasteiger partial charge in [-0.1, -0.05) is 6.07 Å². The first-order valence-electron chi connectivity index (χ1n) is 11.9. The lowest BCUT2D eigenvalue weighted by atomic mass is 10.1. The Kier molecular flexibility index (Phi) is 6.05. The van der Waals surface area contributed by atoms with Crippen molar-refractivity contribution in [2.24, 2.45) is 15.1 Å². The quantitative estimate of drug-likeness (QED) is 0.777. The van der Waals surface area contributed by atoms with Crippen LogP contribution in [-0.4, -0.2) is 72.5 Å². The van der Waals surface area contributed by atoms with Gasteiger partial charge < -0.3 is 19.3 Å². The van der Waals surface area contributed by atoms with Crippen molar-refractivity contribution < 1.29 is 9.47 Å². The molecule has 2 saturated heterocycles. The third kappa shape index (κ3) is 3.96. The van der Waals surface area contributed by atoms with E-state index in [0.717, 1.165) is 55.2 Å². The number of hydrogen-bond donors (Lipinski definition) is 1. The first kappa shape index (κ1) is 20.9. The minimum absolute atomic E-state index is 0.192. The Morgan fingerprint density at radius 3 is 2.31 bits per heavy atom. The van der Waals surface area contributed by atoms with Gasteiger partial charge in [0.25, 0.3) is 5.96 Å². The number of guanidine groups is 3. The van der Waals surface area contributed by atoms with Gasteiger partial charge in [0.2, 0.25) is 11.9 Å². The standard InChI is InChI=1S/C23H33N7O2/c1-3-32-19-16-17(10-11-18(19)31-2)20-26-27-22-24-21(28-12-6-4-7-13-28)25-23(30(20)22)29-14-8-5-9-15-29/h10-11,16,20,26H,3-9,12-15H2,1-2H3. The second kappa shape index (κ2) is 9.26. The summed E-state index contributed by atoms with van der Waals surface area (Å²) in [5.41, 5.74) is 4.34. The largest absolute Gasteiger partial charge is 0.493 e. The number of hydrazone groups is 1. The molecule has 1 aromatic carbocycles. The van der Waals surface area contributed by atoms with Crippen molar-refractivity contribution in [1.29, 1.82) is 0 Å². The summed E-state index contributed by atoms with van der Waals surface area (Å²) in [5, 5.41) is 4.62. The maximum atomic E-state index is 5.82. The average molecular weight is 440 g/mol. The van der Waals surface area contributed by atoms with Crippen LogP contribution in [-0.2, 0) is 0 Å². The van der Waals surface area contributed by atoms with E-state index in [1.165, 1.54) is 38.5 Å². The highest BCUT2D eigenvalue weighted by molar-refractivity contribution is 6.12. The summed E-state index contributed by atoms with van der Waals surface area (Å²) in [5.74, 6) is 3.88. The molecule has 0 amide bonds. The number of piperidine rings is 2. The molecule has 32 heavy (non-hydrogen) atoms. The topological polar surface area (TPSA) is 77.3 Å². The molecule has 0 spiro atoms. The Morgan fingerprint density at radius 2 is 1.62 bits per heavy atom. The van der Waals surface area contributed by atoms with Crippen LogP contribution in [0.1, 0.15) is 57.2 Å². The van der Waals surface area contributed by atoms with E-state index in [2.05, 4.69) is 31.3 Å². The molecule has 1 aromatic rings. The van der Waals surface area contributed by atoms with Crippen LogP contribution in [0.25, 0.3) is 0 Å². The van der Waals surface area contributed by atoms with Crippen LogP contribution in [0, 0.1) is 0 Å². The molecule has 0 bridgehead atoms. The highest BCUT2D eigenvalue weighted by atomic mass is 16.5. The molecule has 1 atom stereocenters. The molecule has 0 saturated carbocycles. The predicted octanol–water partition coefficient (Wildman–Crippen LogP) is 2.97. The lowest BCUT2D eigenvalue weighted by Crippen LogP contribution is -2.53. The third-order valence-corrected chi connectivity index (χ3v) is 6.46. The van der Waals surface area contributed by atoms with Crippen molar-refractivity contribution >= 4 is 17.9 Å². The molecule has 2 fully saturated rings. The molecule has 4 heterocycles. The van der Waals surface area contributed by atoms with Crippen molar-refractivity contribution in [3.05, 3.63) is 23.8 Å². The molecule has 172 valence electrons. The SMILES string of the molecule is CCOc1cc(C2NN=C3N=C(N4CCCCC4)N=C(N4CCCCC4)N32)ccc1OC. The highest BCUT2D eigenvalue weighted by Crippen LogP contribution is 2.34. The molecule has 9 nitrogen and oxygen atoms in total. The smallest absolute Gasteiger partial charge is 0.254 e. The van der Waals surface area contributed by atoms with Gasteiger partial charge in [0, 0.05) is 31.7 Å². The number of nitrogens with zero attached hydrogens (tertiary/aromatic N) is 6. The van der Waals surface area contributed by atoms with E-state index in [0.29, 0.717) is 12.6 Å². The van der Waals surface area contributed by atoms with E-state index in [-0.39, 0.29) is 6.17 Å². The lowest BCUT2D eigenvalue weighted by Gasteiger charge is -2.39. The van der Waals surface area contributed by atoms with Crippen LogP contribution in [0.15, 0.2) is 33.3 Å². The maximum Gasteiger partial charge on any atom is 0.254 e. The van der Waals surface area contributed by atoms with Gasteiger partial charge in [0.05, 0.1) is 13.7 Å². The number of benzene rings is 1. The first-order chi connectivity index (χ1) is 15.8. The van der Waals surface area contributed by atoms with Crippen molar-refractivity contribution in [3.8, 4) is 11.5 Å². The van der Waals surface area contributed by atoms with E-state index >= 15 is 0 Å². The number of methoxy groups -OCH3 is 1. The minimum Gasteiger partial charge on any atom is -0.493 e. The van der Waals surface area contributed by atoms with E-state index in [1.54, 1.807) is 7.11 Å². The molecule has 4 aliphatic rings. The van der Waals surface area contributed by atoms with Crippen molar-refractivity contribution in [2.75, 3.05) is 39.9 Å². The first-order valence-corrected chi connectivity index (χ1v) is 11.9. The number of ether oxygens (including phenoxy) is 2. The molecule has 5 rings (SSSR count). The predicted molar refractivity (Wildman–Crippen MR) is 125 cm³/mol. The zero-order valence-corrected chi connectivity index (χ0v) is 19.1. The number of hydrogen-bond acceptors (Lipinski definition) is 9. The second-order valence-corrected chi connectivity index (χ2v) is 8.58. The van der Waals surface area contributed by atoms with Crippen LogP contribution < -0.4 is 14.9 Å². The molecule has 0 aliphatic carbocycles. The number of likely N-dealkylation sites (tertiary alicyclic amines) is 2. The molecule has 9 heteroatoms. The molecule has 4 aliphatic heterocycles. The Labute approximate surface area is 189 Å². The van der Waals surface area contributed by atoms with Gasteiger partial charge in [-0.25, -0.2) is 0 Å². The fraction of sp³-hybridized carbons (Fsp3) is 0.609. The van der Waals surface area contributed by atoms with Gasteiger partial charge in [-0.3, -0.25) is 10.3 Å². The van der Waals surface area contributed by atoms with Crippen LogP contribution in [0.2, 0.25) is 0 Å². The number of rotatable bonds is 4.